The van der Waals surface area contributed by atoms with E-state index in [1.807, 2.05) is 0 Å². The SMILES string of the molecule is CC(C)(C)c1ccc2c(c1)-c1nc-2nc2[n-]c(nc3nc(nc4[n-]c(n1)c1ccc(C(C)(C)C)cc41)-c1ccc(I)cc1-3)c1ccc(C(C)(C)C)cc21.[Co+2]. The van der Waals surface area contributed by atoms with Crippen LogP contribution >= 0.6 is 22.6 Å². The quantitative estimate of drug-likeness (QED) is 0.139. The number of hydrogen-bond acceptors (Lipinski definition) is 6. The molecule has 271 valence electrons. The van der Waals surface area contributed by atoms with Gasteiger partial charge in [-0.3, -0.25) is 0 Å². The molecule has 9 rings (SSSR count). The summed E-state index contributed by atoms with van der Waals surface area (Å²) < 4.78 is 1.08. The minimum atomic E-state index is -0.0782. The van der Waals surface area contributed by atoms with E-state index in [-0.39, 0.29) is 33.0 Å². The van der Waals surface area contributed by atoms with Gasteiger partial charge in [0, 0.05) is 48.4 Å². The average Bonchev–Trinajstić information content (AvgIpc) is 3.81. The number of hydrogen-bond donors (Lipinski definition) is 0. The van der Waals surface area contributed by atoms with Crippen molar-refractivity contribution in [3.63, 3.8) is 0 Å². The van der Waals surface area contributed by atoms with Crippen LogP contribution in [-0.2, 0) is 33.0 Å². The summed E-state index contributed by atoms with van der Waals surface area (Å²) in [5.41, 5.74) is 9.18. The van der Waals surface area contributed by atoms with Crippen molar-refractivity contribution in [1.82, 2.24) is 39.9 Å². The fraction of sp³-hybridized carbons (Fsp3) is 0.273. The summed E-state index contributed by atoms with van der Waals surface area (Å²) >= 11 is 2.33. The predicted octanol–water partition coefficient (Wildman–Crippen LogP) is 10.6. The fourth-order valence-corrected chi connectivity index (χ4v) is 7.53. The van der Waals surface area contributed by atoms with E-state index in [1.54, 1.807) is 0 Å². The summed E-state index contributed by atoms with van der Waals surface area (Å²) in [6.45, 7) is 19.9. The molecule has 1 radical (unpaired) electrons. The minimum Gasteiger partial charge on any atom is -0.357 e. The molecule has 8 bridgehead atoms. The summed E-state index contributed by atoms with van der Waals surface area (Å²) in [5, 5.41) is 3.64. The number of benzene rings is 4. The van der Waals surface area contributed by atoms with E-state index in [0.29, 0.717) is 45.9 Å². The van der Waals surface area contributed by atoms with E-state index in [0.717, 1.165) is 47.4 Å². The molecule has 7 aromatic rings. The van der Waals surface area contributed by atoms with Gasteiger partial charge in [-0.2, -0.15) is 0 Å². The molecule has 0 atom stereocenters. The van der Waals surface area contributed by atoms with Crippen molar-refractivity contribution < 1.29 is 16.8 Å². The van der Waals surface area contributed by atoms with Crippen LogP contribution in [0, 0.1) is 3.57 Å². The Labute approximate surface area is 338 Å². The zero-order valence-corrected chi connectivity index (χ0v) is 34.9. The Balaban J connectivity index is 0.00000413. The van der Waals surface area contributed by atoms with E-state index < -0.39 is 0 Å². The molecule has 0 unspecified atom stereocenters. The summed E-state index contributed by atoms with van der Waals surface area (Å²) in [5.74, 6) is 2.23. The third-order valence-electron chi connectivity index (χ3n) is 10.3. The standard InChI is InChI=1S/C44H39IN8.Co/c1-42(2,3)22-10-14-26-30(18-22)38-46-34(26)48-39-32-20-24(44(7,8)9)12-16-28(32)36(50-39)52-41-33-21-25(45)13-17-29(33)37(53-41)51-40-31-19-23(43(4,5)6)11-15-27(31)35(47-38)49-40;/h10-21H,1-9H3;/q-2;+2. The third-order valence-corrected chi connectivity index (χ3v) is 10.9. The Morgan fingerprint density at radius 3 is 1.19 bits per heavy atom. The Bertz CT molecular complexity index is 2850. The van der Waals surface area contributed by atoms with Gasteiger partial charge in [-0.1, -0.05) is 105 Å². The predicted molar refractivity (Wildman–Crippen MR) is 223 cm³/mol. The van der Waals surface area contributed by atoms with Gasteiger partial charge in [0.15, 0.2) is 0 Å². The molecule has 0 saturated heterocycles. The van der Waals surface area contributed by atoms with E-state index in [9.17, 15) is 0 Å². The van der Waals surface area contributed by atoms with Crippen LogP contribution in [-0.4, -0.2) is 29.9 Å². The Morgan fingerprint density at radius 1 is 0.389 bits per heavy atom. The van der Waals surface area contributed by atoms with Gasteiger partial charge in [0.2, 0.25) is 0 Å². The van der Waals surface area contributed by atoms with Gasteiger partial charge in [0.05, 0.1) is 23.3 Å². The minimum absolute atomic E-state index is 0. The Hall–Kier alpha value is -4.52. The van der Waals surface area contributed by atoms with Crippen molar-refractivity contribution in [2.45, 2.75) is 78.6 Å². The van der Waals surface area contributed by atoms with Gasteiger partial charge >= 0.3 is 16.8 Å². The van der Waals surface area contributed by atoms with Crippen LogP contribution in [0.1, 0.15) is 79.0 Å². The van der Waals surface area contributed by atoms with Gasteiger partial charge in [-0.25, -0.2) is 9.97 Å². The maximum atomic E-state index is 5.22. The third kappa shape index (κ3) is 6.12. The molecule has 0 fully saturated rings. The molecule has 3 aromatic heterocycles. The Kier molecular flexibility index (Phi) is 8.44. The molecule has 0 spiro atoms. The maximum absolute atomic E-state index is 5.22. The number of rotatable bonds is 0. The Morgan fingerprint density at radius 2 is 0.741 bits per heavy atom. The molecular weight excluding hydrogens is 826 g/mol. The first-order chi connectivity index (χ1) is 25.0. The topological polar surface area (TPSA) is 106 Å². The zero-order valence-electron chi connectivity index (χ0n) is 31.7. The fourth-order valence-electron chi connectivity index (χ4n) is 7.03. The van der Waals surface area contributed by atoms with Gasteiger partial charge in [0.1, 0.15) is 0 Å². The molecular formula is C44H39CoIN8. The second-order valence-corrected chi connectivity index (χ2v) is 18.4. The second-order valence-electron chi connectivity index (χ2n) is 17.2. The molecule has 4 aromatic carbocycles. The van der Waals surface area contributed by atoms with Gasteiger partial charge in [-0.05, 0) is 107 Å². The van der Waals surface area contributed by atoms with Crippen LogP contribution in [0.15, 0.2) is 72.8 Å². The summed E-state index contributed by atoms with van der Waals surface area (Å²) in [6.07, 6.45) is 0. The first kappa shape index (κ1) is 36.5. The number of nitrogens with zero attached hydrogens (tertiary/aromatic N) is 8. The molecule has 8 nitrogen and oxygen atoms in total. The van der Waals surface area contributed by atoms with Gasteiger partial charge < -0.3 is 29.9 Å². The van der Waals surface area contributed by atoms with Crippen molar-refractivity contribution in [3.05, 3.63) is 93.1 Å². The maximum Gasteiger partial charge on any atom is 2.00 e. The normalized spacial score (nSPS) is 12.9. The second kappa shape index (κ2) is 12.5. The summed E-state index contributed by atoms with van der Waals surface area (Å²) in [6, 6.07) is 25.6. The molecule has 54 heavy (non-hydrogen) atoms. The first-order valence-electron chi connectivity index (χ1n) is 18.0. The van der Waals surface area contributed by atoms with Crippen LogP contribution in [0.3, 0.4) is 0 Å². The molecule has 10 heteroatoms. The molecule has 0 saturated carbocycles. The van der Waals surface area contributed by atoms with Gasteiger partial charge in [-0.15, -0.1) is 0 Å². The van der Waals surface area contributed by atoms with E-state index in [1.165, 1.54) is 16.7 Å². The molecule has 0 N–H and O–H groups in total. The number of halogens is 1. The summed E-state index contributed by atoms with van der Waals surface area (Å²) in [4.78, 5) is 41.2. The smallest absolute Gasteiger partial charge is 0.357 e. The monoisotopic (exact) mass is 865 g/mol. The zero-order chi connectivity index (χ0) is 37.2. The van der Waals surface area contributed by atoms with Crippen molar-refractivity contribution in [1.29, 1.82) is 0 Å². The largest absolute Gasteiger partial charge is 2.00 e. The van der Waals surface area contributed by atoms with Crippen molar-refractivity contribution in [2.24, 2.45) is 0 Å². The molecule has 0 amide bonds. The van der Waals surface area contributed by atoms with Crippen LogP contribution in [0.25, 0.3) is 89.7 Å². The first-order valence-corrected chi connectivity index (χ1v) is 19.0. The number of aromatic nitrogens is 8. The van der Waals surface area contributed by atoms with Crippen LogP contribution in [0.4, 0.5) is 0 Å². The van der Waals surface area contributed by atoms with Crippen LogP contribution < -0.4 is 9.97 Å². The number of fused-ring (bicyclic) bond motifs is 20. The molecule has 2 aliphatic heterocycles. The average molecular weight is 866 g/mol. The molecule has 5 heterocycles. The van der Waals surface area contributed by atoms with Gasteiger partial charge in [0.25, 0.3) is 0 Å². The van der Waals surface area contributed by atoms with Crippen molar-refractivity contribution in [3.8, 4) is 45.6 Å². The molecule has 2 aliphatic rings. The van der Waals surface area contributed by atoms with Crippen LogP contribution in [0.2, 0.25) is 0 Å². The van der Waals surface area contributed by atoms with E-state index in [2.05, 4.69) is 158 Å². The molecule has 0 aliphatic carbocycles. The van der Waals surface area contributed by atoms with Crippen molar-refractivity contribution in [2.75, 3.05) is 0 Å². The summed E-state index contributed by atoms with van der Waals surface area (Å²) in [7, 11) is 0. The van der Waals surface area contributed by atoms with Crippen molar-refractivity contribution >= 4 is 66.7 Å². The van der Waals surface area contributed by atoms with E-state index in [4.69, 9.17) is 39.9 Å². The van der Waals surface area contributed by atoms with Crippen LogP contribution in [0.5, 0.6) is 0 Å². The van der Waals surface area contributed by atoms with E-state index >= 15 is 0 Å².